The first kappa shape index (κ1) is 21.2. The molecule has 3 saturated carbocycles. The van der Waals surface area contributed by atoms with E-state index in [2.05, 4.69) is 10.2 Å². The Kier molecular flexibility index (Phi) is 6.49. The van der Waals surface area contributed by atoms with Crippen molar-refractivity contribution in [3.8, 4) is 0 Å². The Bertz CT molecular complexity index is 772. The number of rotatable bonds is 5. The zero-order chi connectivity index (χ0) is 21.2. The molecule has 31 heavy (non-hydrogen) atoms. The van der Waals surface area contributed by atoms with Gasteiger partial charge in [0.2, 0.25) is 0 Å². The van der Waals surface area contributed by atoms with Crippen molar-refractivity contribution in [3.63, 3.8) is 0 Å². The highest BCUT2D eigenvalue weighted by atomic mass is 32.1. The predicted molar refractivity (Wildman–Crippen MR) is 123 cm³/mol. The maximum absolute atomic E-state index is 13.3. The molecule has 1 aliphatic heterocycles. The number of urea groups is 1. The first-order chi connectivity index (χ1) is 15.2. The smallest absolute Gasteiger partial charge is 0.317 e. The third kappa shape index (κ3) is 4.91. The molecule has 1 saturated heterocycles. The largest absolute Gasteiger partial charge is 0.335 e. The fraction of sp³-hybridized carbons (Fsp3) is 0.792. The molecule has 1 aromatic rings. The maximum Gasteiger partial charge on any atom is 0.317 e. The molecule has 0 unspecified atom stereocenters. The number of hydrogen-bond donors (Lipinski definition) is 1. The topological polar surface area (TPSA) is 65.5 Å². The van der Waals surface area contributed by atoms with Crippen LogP contribution in [0.1, 0.15) is 105 Å². The minimum absolute atomic E-state index is 0.105. The van der Waals surface area contributed by atoms with Crippen LogP contribution in [-0.2, 0) is 0 Å². The van der Waals surface area contributed by atoms with Crippen molar-refractivity contribution in [2.45, 2.75) is 108 Å². The SMILES string of the molecule is O=C(NC1CCCC1)N1CCC(c2nc(C(=O)N(C3CCCCC3)C3CC3)cs2)CC1. The number of aromatic nitrogens is 1. The molecule has 0 aromatic carbocycles. The average Bonchev–Trinajstić information content (AvgIpc) is 3.27. The number of likely N-dealkylation sites (tertiary alicyclic amines) is 1. The van der Waals surface area contributed by atoms with Crippen LogP contribution in [0.3, 0.4) is 0 Å². The van der Waals surface area contributed by atoms with Crippen molar-refractivity contribution in [2.24, 2.45) is 0 Å². The monoisotopic (exact) mass is 444 g/mol. The second-order valence-electron chi connectivity index (χ2n) is 10.00. The van der Waals surface area contributed by atoms with Gasteiger partial charge < -0.3 is 15.1 Å². The lowest BCUT2D eigenvalue weighted by molar-refractivity contribution is 0.0608. The minimum atomic E-state index is 0.105. The van der Waals surface area contributed by atoms with Crippen molar-refractivity contribution in [1.29, 1.82) is 0 Å². The van der Waals surface area contributed by atoms with Crippen molar-refractivity contribution < 1.29 is 9.59 Å². The van der Waals surface area contributed by atoms with Crippen LogP contribution < -0.4 is 5.32 Å². The van der Waals surface area contributed by atoms with E-state index in [0.717, 1.165) is 69.5 Å². The fourth-order valence-electron chi connectivity index (χ4n) is 5.71. The third-order valence-corrected chi connectivity index (χ3v) is 8.71. The van der Waals surface area contributed by atoms with E-state index in [-0.39, 0.29) is 11.9 Å². The molecule has 3 amide bonds. The fourth-order valence-corrected chi connectivity index (χ4v) is 6.68. The second-order valence-corrected chi connectivity index (χ2v) is 10.9. The van der Waals surface area contributed by atoms with E-state index in [1.807, 2.05) is 10.3 Å². The Hall–Kier alpha value is -1.63. The van der Waals surface area contributed by atoms with Crippen molar-refractivity contribution in [3.05, 3.63) is 16.1 Å². The molecule has 3 aliphatic carbocycles. The van der Waals surface area contributed by atoms with Crippen LogP contribution in [-0.4, -0.2) is 57.9 Å². The van der Waals surface area contributed by atoms with Crippen molar-refractivity contribution >= 4 is 23.3 Å². The van der Waals surface area contributed by atoms with Gasteiger partial charge in [-0.15, -0.1) is 11.3 Å². The number of amides is 3. The second kappa shape index (κ2) is 9.47. The van der Waals surface area contributed by atoms with Gasteiger partial charge in [-0.05, 0) is 51.4 Å². The molecule has 2 heterocycles. The highest BCUT2D eigenvalue weighted by Crippen LogP contribution is 2.36. The molecular formula is C24H36N4O2S. The van der Waals surface area contributed by atoms with Gasteiger partial charge >= 0.3 is 6.03 Å². The van der Waals surface area contributed by atoms with Crippen LogP contribution in [0.25, 0.3) is 0 Å². The molecule has 0 atom stereocenters. The molecule has 1 N–H and O–H groups in total. The van der Waals surface area contributed by atoms with Gasteiger partial charge in [-0.2, -0.15) is 0 Å². The summed E-state index contributed by atoms with van der Waals surface area (Å²) in [7, 11) is 0. The summed E-state index contributed by atoms with van der Waals surface area (Å²) < 4.78 is 0. The minimum Gasteiger partial charge on any atom is -0.335 e. The first-order valence-electron chi connectivity index (χ1n) is 12.5. The summed E-state index contributed by atoms with van der Waals surface area (Å²) in [5, 5.41) is 6.27. The van der Waals surface area contributed by atoms with Crippen LogP contribution in [0, 0.1) is 0 Å². The number of piperidine rings is 1. The van der Waals surface area contributed by atoms with Gasteiger partial charge in [0.25, 0.3) is 5.91 Å². The molecule has 4 aliphatic rings. The Labute approximate surface area is 189 Å². The molecule has 6 nitrogen and oxygen atoms in total. The van der Waals surface area contributed by atoms with Crippen molar-refractivity contribution in [2.75, 3.05) is 13.1 Å². The number of hydrogen-bond acceptors (Lipinski definition) is 4. The Morgan fingerprint density at radius 1 is 0.903 bits per heavy atom. The normalized spacial score (nSPS) is 23.8. The van der Waals surface area contributed by atoms with Gasteiger partial charge in [-0.3, -0.25) is 4.79 Å². The number of nitrogens with zero attached hydrogens (tertiary/aromatic N) is 3. The molecular weight excluding hydrogens is 408 g/mol. The van der Waals surface area contributed by atoms with Gasteiger partial charge in [0.15, 0.2) is 0 Å². The van der Waals surface area contributed by atoms with Crippen LogP contribution in [0.5, 0.6) is 0 Å². The molecule has 0 bridgehead atoms. The maximum atomic E-state index is 13.3. The highest BCUT2D eigenvalue weighted by molar-refractivity contribution is 7.09. The lowest BCUT2D eigenvalue weighted by Gasteiger charge is -2.34. The lowest BCUT2D eigenvalue weighted by atomic mass is 9.94. The molecule has 0 spiro atoms. The molecule has 1 aromatic heterocycles. The standard InChI is InChI=1S/C24H36N4O2S/c29-23(28(20-10-11-20)19-8-2-1-3-9-19)21-16-31-22(26-21)17-12-14-27(15-13-17)24(30)25-18-6-4-5-7-18/h16-20H,1-15H2,(H,25,30). The average molecular weight is 445 g/mol. The van der Waals surface area contributed by atoms with Gasteiger partial charge in [0.1, 0.15) is 5.69 Å². The molecule has 0 radical (unpaired) electrons. The summed E-state index contributed by atoms with van der Waals surface area (Å²) in [5.41, 5.74) is 0.652. The van der Waals surface area contributed by atoms with Gasteiger partial charge in [0.05, 0.1) is 5.01 Å². The van der Waals surface area contributed by atoms with E-state index in [1.54, 1.807) is 11.3 Å². The Balaban J connectivity index is 1.17. The van der Waals surface area contributed by atoms with E-state index in [0.29, 0.717) is 29.7 Å². The van der Waals surface area contributed by atoms with Crippen LogP contribution in [0.15, 0.2) is 5.38 Å². The summed E-state index contributed by atoms with van der Waals surface area (Å²) in [6, 6.07) is 1.34. The summed E-state index contributed by atoms with van der Waals surface area (Å²) in [6.45, 7) is 1.56. The number of carbonyl (C=O) groups is 2. The first-order valence-corrected chi connectivity index (χ1v) is 13.4. The summed E-state index contributed by atoms with van der Waals surface area (Å²) in [4.78, 5) is 34.8. The van der Waals surface area contributed by atoms with Crippen molar-refractivity contribution in [1.82, 2.24) is 20.1 Å². The number of carbonyl (C=O) groups excluding carboxylic acids is 2. The Morgan fingerprint density at radius 3 is 2.23 bits per heavy atom. The summed E-state index contributed by atoms with van der Waals surface area (Å²) in [6.07, 6.45) is 15.0. The zero-order valence-corrected chi connectivity index (χ0v) is 19.4. The highest BCUT2D eigenvalue weighted by Gasteiger charge is 2.39. The van der Waals surface area contributed by atoms with Crippen LogP contribution in [0.2, 0.25) is 0 Å². The lowest BCUT2D eigenvalue weighted by Crippen LogP contribution is -2.47. The van der Waals surface area contributed by atoms with Gasteiger partial charge in [-0.1, -0.05) is 32.1 Å². The van der Waals surface area contributed by atoms with E-state index < -0.39 is 0 Å². The zero-order valence-electron chi connectivity index (χ0n) is 18.6. The molecule has 7 heteroatoms. The van der Waals surface area contributed by atoms with E-state index >= 15 is 0 Å². The van der Waals surface area contributed by atoms with Gasteiger partial charge in [0, 0.05) is 42.5 Å². The number of thiazole rings is 1. The summed E-state index contributed by atoms with van der Waals surface area (Å²) in [5.74, 6) is 0.524. The van der Waals surface area contributed by atoms with E-state index in [1.165, 1.54) is 32.1 Å². The molecule has 5 rings (SSSR count). The predicted octanol–water partition coefficient (Wildman–Crippen LogP) is 4.91. The van der Waals surface area contributed by atoms with Gasteiger partial charge in [-0.25, -0.2) is 9.78 Å². The third-order valence-electron chi connectivity index (χ3n) is 7.70. The Morgan fingerprint density at radius 2 is 1.55 bits per heavy atom. The molecule has 4 fully saturated rings. The van der Waals surface area contributed by atoms with E-state index in [4.69, 9.17) is 4.98 Å². The van der Waals surface area contributed by atoms with Crippen LogP contribution >= 0.6 is 11.3 Å². The summed E-state index contributed by atoms with van der Waals surface area (Å²) >= 11 is 1.64. The number of nitrogens with one attached hydrogen (secondary N) is 1. The van der Waals surface area contributed by atoms with Crippen LogP contribution in [0.4, 0.5) is 4.79 Å². The van der Waals surface area contributed by atoms with E-state index in [9.17, 15) is 9.59 Å². The molecule has 170 valence electrons. The quantitative estimate of drug-likeness (QED) is 0.702.